The minimum atomic E-state index is -0.290. The third-order valence-corrected chi connectivity index (χ3v) is 4.07. The summed E-state index contributed by atoms with van der Waals surface area (Å²) in [6.45, 7) is 3.51. The van der Waals surface area contributed by atoms with Gasteiger partial charge in [-0.05, 0) is 36.8 Å². The molecule has 0 aliphatic rings. The van der Waals surface area contributed by atoms with E-state index in [0.29, 0.717) is 17.0 Å². The van der Waals surface area contributed by atoms with Gasteiger partial charge in [0.1, 0.15) is 5.75 Å². The van der Waals surface area contributed by atoms with Crippen molar-refractivity contribution in [3.63, 3.8) is 0 Å². The molecule has 1 atom stereocenters. The number of hydrogen-bond acceptors (Lipinski definition) is 4. The molecule has 0 radical (unpaired) electrons. The van der Waals surface area contributed by atoms with Crippen molar-refractivity contribution in [2.45, 2.75) is 26.3 Å². The van der Waals surface area contributed by atoms with Crippen LogP contribution in [0.5, 0.6) is 5.75 Å². The van der Waals surface area contributed by atoms with E-state index in [-0.39, 0.29) is 36.7 Å². The number of ether oxygens (including phenoxy) is 1. The molecule has 7 heteroatoms. The lowest BCUT2D eigenvalue weighted by Gasteiger charge is -2.16. The third kappa shape index (κ3) is 6.12. The van der Waals surface area contributed by atoms with Crippen LogP contribution in [0.15, 0.2) is 48.5 Å². The monoisotopic (exact) mass is 383 g/mol. The van der Waals surface area contributed by atoms with Gasteiger partial charge in [0.25, 0.3) is 5.91 Å². The second-order valence-corrected chi connectivity index (χ2v) is 6.30. The normalized spacial score (nSPS) is 11.2. The number of rotatable bonds is 8. The quantitative estimate of drug-likeness (QED) is 0.653. The summed E-state index contributed by atoms with van der Waals surface area (Å²) >= 11 is 0. The van der Waals surface area contributed by atoms with Gasteiger partial charge in [0.15, 0.2) is 0 Å². The smallest absolute Gasteiger partial charge is 0.255 e. The molecule has 0 aliphatic carbocycles. The van der Waals surface area contributed by atoms with Crippen LogP contribution in [0.1, 0.15) is 42.2 Å². The Morgan fingerprint density at radius 3 is 2.54 bits per heavy atom. The number of benzene rings is 2. The summed E-state index contributed by atoms with van der Waals surface area (Å²) in [5.74, 6) is -0.143. The number of para-hydroxylation sites is 1. The van der Waals surface area contributed by atoms with Crippen LogP contribution < -0.4 is 20.7 Å². The first-order chi connectivity index (χ1) is 13.4. The number of carbonyl (C=O) groups is 3. The van der Waals surface area contributed by atoms with Gasteiger partial charge in [0.05, 0.1) is 18.7 Å². The number of anilines is 1. The van der Waals surface area contributed by atoms with Gasteiger partial charge in [-0.3, -0.25) is 14.4 Å². The standard InChI is InChI=1S/C21H25N3O4/c1-14(16-7-6-8-17(13-16)24-15(2)25)23-20(26)11-12-22-21(27)18-9-4-5-10-19(18)28-3/h4-10,13-14H,11-12H2,1-3H3,(H,22,27)(H,23,26)(H,24,25). The van der Waals surface area contributed by atoms with Crippen LogP contribution in [0, 0.1) is 0 Å². The first-order valence-corrected chi connectivity index (χ1v) is 8.99. The highest BCUT2D eigenvalue weighted by molar-refractivity contribution is 5.97. The molecule has 0 heterocycles. The summed E-state index contributed by atoms with van der Waals surface area (Å²) in [5, 5.41) is 8.32. The Balaban J connectivity index is 1.83. The summed E-state index contributed by atoms with van der Waals surface area (Å²) in [4.78, 5) is 35.6. The summed E-state index contributed by atoms with van der Waals surface area (Å²) in [6.07, 6.45) is 0.149. The van der Waals surface area contributed by atoms with E-state index in [1.807, 2.05) is 25.1 Å². The van der Waals surface area contributed by atoms with E-state index < -0.39 is 0 Å². The molecule has 2 rings (SSSR count). The molecule has 1 unspecified atom stereocenters. The Bertz CT molecular complexity index is 851. The van der Waals surface area contributed by atoms with E-state index >= 15 is 0 Å². The summed E-state index contributed by atoms with van der Waals surface area (Å²) in [5.41, 5.74) is 1.97. The number of carbonyl (C=O) groups excluding carboxylic acids is 3. The maximum absolute atomic E-state index is 12.2. The SMILES string of the molecule is COc1ccccc1C(=O)NCCC(=O)NC(C)c1cccc(NC(C)=O)c1. The lowest BCUT2D eigenvalue weighted by Crippen LogP contribution is -2.32. The zero-order chi connectivity index (χ0) is 20.5. The molecule has 0 spiro atoms. The van der Waals surface area contributed by atoms with Crippen molar-refractivity contribution in [3.05, 3.63) is 59.7 Å². The van der Waals surface area contributed by atoms with Gasteiger partial charge >= 0.3 is 0 Å². The summed E-state index contributed by atoms with van der Waals surface area (Å²) < 4.78 is 5.16. The Labute approximate surface area is 164 Å². The first-order valence-electron chi connectivity index (χ1n) is 8.99. The molecule has 0 aliphatic heterocycles. The van der Waals surface area contributed by atoms with E-state index in [1.165, 1.54) is 14.0 Å². The van der Waals surface area contributed by atoms with Crippen molar-refractivity contribution in [3.8, 4) is 5.75 Å². The minimum absolute atomic E-state index is 0.149. The molecule has 148 valence electrons. The molecular formula is C21H25N3O4. The number of amides is 3. The molecule has 3 amide bonds. The molecule has 0 aromatic heterocycles. The number of methoxy groups -OCH3 is 1. The highest BCUT2D eigenvalue weighted by Crippen LogP contribution is 2.18. The maximum atomic E-state index is 12.2. The summed E-state index contributed by atoms with van der Waals surface area (Å²) in [6, 6.07) is 14.0. The van der Waals surface area contributed by atoms with Crippen LogP contribution in [0.2, 0.25) is 0 Å². The number of nitrogens with one attached hydrogen (secondary N) is 3. The van der Waals surface area contributed by atoms with Crippen LogP contribution in [-0.2, 0) is 9.59 Å². The third-order valence-electron chi connectivity index (χ3n) is 4.07. The molecule has 0 saturated heterocycles. The van der Waals surface area contributed by atoms with Gasteiger partial charge in [0, 0.05) is 25.6 Å². The van der Waals surface area contributed by atoms with Crippen LogP contribution in [0.4, 0.5) is 5.69 Å². The van der Waals surface area contributed by atoms with Crippen molar-refractivity contribution in [1.29, 1.82) is 0 Å². The zero-order valence-electron chi connectivity index (χ0n) is 16.2. The maximum Gasteiger partial charge on any atom is 0.255 e. The molecule has 7 nitrogen and oxygen atoms in total. The van der Waals surface area contributed by atoms with E-state index in [1.54, 1.807) is 30.3 Å². The zero-order valence-corrected chi connectivity index (χ0v) is 16.2. The average molecular weight is 383 g/mol. The van der Waals surface area contributed by atoms with Crippen LogP contribution in [0.25, 0.3) is 0 Å². The van der Waals surface area contributed by atoms with Crippen molar-refractivity contribution in [1.82, 2.24) is 10.6 Å². The topological polar surface area (TPSA) is 96.5 Å². The molecule has 28 heavy (non-hydrogen) atoms. The molecule has 0 saturated carbocycles. The lowest BCUT2D eigenvalue weighted by atomic mass is 10.1. The van der Waals surface area contributed by atoms with Gasteiger partial charge < -0.3 is 20.7 Å². The van der Waals surface area contributed by atoms with Crippen molar-refractivity contribution in [2.75, 3.05) is 19.0 Å². The Kier molecular flexibility index (Phi) is 7.56. The van der Waals surface area contributed by atoms with Gasteiger partial charge in [-0.1, -0.05) is 24.3 Å². The molecule has 0 fully saturated rings. The Morgan fingerprint density at radius 1 is 1.07 bits per heavy atom. The van der Waals surface area contributed by atoms with Crippen LogP contribution in [0.3, 0.4) is 0 Å². The first kappa shape index (κ1) is 21.0. The second kappa shape index (κ2) is 10.1. The fourth-order valence-corrected chi connectivity index (χ4v) is 2.70. The van der Waals surface area contributed by atoms with Crippen molar-refractivity contribution < 1.29 is 19.1 Å². The lowest BCUT2D eigenvalue weighted by molar-refractivity contribution is -0.121. The Morgan fingerprint density at radius 2 is 1.82 bits per heavy atom. The molecule has 2 aromatic rings. The van der Waals surface area contributed by atoms with Crippen LogP contribution in [-0.4, -0.2) is 31.4 Å². The van der Waals surface area contributed by atoms with E-state index in [9.17, 15) is 14.4 Å². The second-order valence-electron chi connectivity index (χ2n) is 6.30. The minimum Gasteiger partial charge on any atom is -0.496 e. The predicted octanol–water partition coefficient (Wildman–Crippen LogP) is 2.65. The molecule has 3 N–H and O–H groups in total. The van der Waals surface area contributed by atoms with Crippen molar-refractivity contribution >= 4 is 23.4 Å². The highest BCUT2D eigenvalue weighted by atomic mass is 16.5. The van der Waals surface area contributed by atoms with E-state index in [2.05, 4.69) is 16.0 Å². The predicted molar refractivity (Wildman–Crippen MR) is 107 cm³/mol. The van der Waals surface area contributed by atoms with E-state index in [4.69, 9.17) is 4.74 Å². The van der Waals surface area contributed by atoms with Gasteiger partial charge in [0.2, 0.25) is 11.8 Å². The number of hydrogen-bond donors (Lipinski definition) is 3. The fraction of sp³-hybridized carbons (Fsp3) is 0.286. The van der Waals surface area contributed by atoms with Crippen LogP contribution >= 0.6 is 0 Å². The Hall–Kier alpha value is -3.35. The van der Waals surface area contributed by atoms with Gasteiger partial charge in [-0.15, -0.1) is 0 Å². The molecule has 2 aromatic carbocycles. The van der Waals surface area contributed by atoms with E-state index in [0.717, 1.165) is 5.56 Å². The largest absolute Gasteiger partial charge is 0.496 e. The molecular weight excluding hydrogens is 358 g/mol. The highest BCUT2D eigenvalue weighted by Gasteiger charge is 2.13. The summed E-state index contributed by atoms with van der Waals surface area (Å²) in [7, 11) is 1.50. The van der Waals surface area contributed by atoms with Crippen molar-refractivity contribution in [2.24, 2.45) is 0 Å². The fourth-order valence-electron chi connectivity index (χ4n) is 2.70. The van der Waals surface area contributed by atoms with Gasteiger partial charge in [-0.2, -0.15) is 0 Å². The molecule has 0 bridgehead atoms. The van der Waals surface area contributed by atoms with Gasteiger partial charge in [-0.25, -0.2) is 0 Å². The average Bonchev–Trinajstić information content (AvgIpc) is 2.67.